The minimum atomic E-state index is 0.401. The molecule has 1 nitrogen and oxygen atoms in total. The molecule has 74 valence electrons. The molecule has 1 aliphatic rings. The number of benzene rings is 1. The van der Waals surface area contributed by atoms with Crippen LogP contribution in [-0.4, -0.2) is 12.3 Å². The van der Waals surface area contributed by atoms with Gasteiger partial charge in [-0.2, -0.15) is 0 Å². The van der Waals surface area contributed by atoms with Gasteiger partial charge in [0.1, 0.15) is 0 Å². The maximum Gasteiger partial charge on any atom is 0.0444 e. The predicted molar refractivity (Wildman–Crippen MR) is 60.9 cm³/mol. The summed E-state index contributed by atoms with van der Waals surface area (Å²) in [6.45, 7) is 5.55. The zero-order chi connectivity index (χ0) is 10.0. The van der Waals surface area contributed by atoms with Crippen LogP contribution in [0.3, 0.4) is 0 Å². The van der Waals surface area contributed by atoms with E-state index in [1.54, 1.807) is 0 Å². The van der Waals surface area contributed by atoms with Gasteiger partial charge in [-0.1, -0.05) is 44.2 Å². The molecule has 0 saturated carbocycles. The van der Waals surface area contributed by atoms with Gasteiger partial charge in [-0.05, 0) is 23.8 Å². The Kier molecular flexibility index (Phi) is 2.40. The van der Waals surface area contributed by atoms with E-state index in [1.807, 2.05) is 0 Å². The Morgan fingerprint density at radius 1 is 1.14 bits per heavy atom. The second kappa shape index (κ2) is 3.56. The third-order valence-corrected chi connectivity index (χ3v) is 2.84. The topological polar surface area (TPSA) is 12.4 Å². The lowest BCUT2D eigenvalue weighted by molar-refractivity contribution is 0.343. The summed E-state index contributed by atoms with van der Waals surface area (Å²) in [6.07, 6.45) is 2.37. The van der Waals surface area contributed by atoms with E-state index in [0.29, 0.717) is 5.41 Å². The van der Waals surface area contributed by atoms with Crippen molar-refractivity contribution < 1.29 is 0 Å². The van der Waals surface area contributed by atoms with Crippen LogP contribution >= 0.6 is 0 Å². The van der Waals surface area contributed by atoms with Crippen LogP contribution in [0.15, 0.2) is 35.3 Å². The van der Waals surface area contributed by atoms with Crippen LogP contribution in [0.2, 0.25) is 0 Å². The summed E-state index contributed by atoms with van der Waals surface area (Å²) in [5.41, 5.74) is 2.98. The number of aliphatic imine (C=N–C) groups is 1. The quantitative estimate of drug-likeness (QED) is 0.639. The first kappa shape index (κ1) is 9.45. The fourth-order valence-corrected chi connectivity index (χ4v) is 1.79. The highest BCUT2D eigenvalue weighted by Crippen LogP contribution is 2.28. The van der Waals surface area contributed by atoms with Crippen molar-refractivity contribution in [2.45, 2.75) is 26.7 Å². The number of nitrogens with zero attached hydrogens (tertiary/aromatic N) is 1. The smallest absolute Gasteiger partial charge is 0.0444 e. The average Bonchev–Trinajstić information content (AvgIpc) is 2.19. The zero-order valence-electron chi connectivity index (χ0n) is 8.96. The summed E-state index contributed by atoms with van der Waals surface area (Å²) in [4.78, 5) is 4.67. The minimum absolute atomic E-state index is 0.401. The van der Waals surface area contributed by atoms with Gasteiger partial charge >= 0.3 is 0 Å². The Morgan fingerprint density at radius 2 is 1.86 bits per heavy atom. The van der Waals surface area contributed by atoms with Gasteiger partial charge in [-0.15, -0.1) is 0 Å². The van der Waals surface area contributed by atoms with Crippen molar-refractivity contribution >= 4 is 5.71 Å². The molecule has 0 radical (unpaired) electrons. The van der Waals surface area contributed by atoms with Crippen LogP contribution < -0.4 is 0 Å². The Hall–Kier alpha value is -1.11. The summed E-state index contributed by atoms with van der Waals surface area (Å²) < 4.78 is 0. The normalized spacial score (nSPS) is 20.3. The molecule has 1 aromatic rings. The molecule has 0 fully saturated rings. The SMILES string of the molecule is CC1(C)CCC(c2ccccc2)=NC1. The van der Waals surface area contributed by atoms with Crippen LogP contribution in [0.4, 0.5) is 0 Å². The molecule has 0 saturated heterocycles. The molecule has 1 heteroatoms. The van der Waals surface area contributed by atoms with Crippen LogP contribution in [0, 0.1) is 5.41 Å². The second-order valence-corrected chi connectivity index (χ2v) is 4.79. The summed E-state index contributed by atoms with van der Waals surface area (Å²) in [5, 5.41) is 0. The van der Waals surface area contributed by atoms with E-state index in [2.05, 4.69) is 49.2 Å². The molecular weight excluding hydrogens is 170 g/mol. The Bertz CT molecular complexity index is 336. The van der Waals surface area contributed by atoms with E-state index in [9.17, 15) is 0 Å². The van der Waals surface area contributed by atoms with Gasteiger partial charge in [0.15, 0.2) is 0 Å². The standard InChI is InChI=1S/C13H17N/c1-13(2)9-8-12(14-10-13)11-6-4-3-5-7-11/h3-7H,8-10H2,1-2H3. The molecule has 1 aromatic carbocycles. The first-order valence-corrected chi connectivity index (χ1v) is 5.26. The van der Waals surface area contributed by atoms with Gasteiger partial charge in [-0.25, -0.2) is 0 Å². The molecule has 14 heavy (non-hydrogen) atoms. The van der Waals surface area contributed by atoms with Gasteiger partial charge in [0.05, 0.1) is 0 Å². The molecule has 1 aliphatic heterocycles. The molecule has 0 bridgehead atoms. The van der Waals surface area contributed by atoms with Gasteiger partial charge in [-0.3, -0.25) is 4.99 Å². The summed E-state index contributed by atoms with van der Waals surface area (Å²) in [6, 6.07) is 10.5. The van der Waals surface area contributed by atoms with Crippen LogP contribution in [-0.2, 0) is 0 Å². The first-order valence-electron chi connectivity index (χ1n) is 5.26. The monoisotopic (exact) mass is 187 g/mol. The maximum atomic E-state index is 4.67. The summed E-state index contributed by atoms with van der Waals surface area (Å²) in [5.74, 6) is 0. The van der Waals surface area contributed by atoms with E-state index in [-0.39, 0.29) is 0 Å². The average molecular weight is 187 g/mol. The molecule has 0 spiro atoms. The van der Waals surface area contributed by atoms with Crippen molar-refractivity contribution in [3.63, 3.8) is 0 Å². The lowest BCUT2D eigenvalue weighted by Gasteiger charge is -2.27. The van der Waals surface area contributed by atoms with Crippen molar-refractivity contribution in [2.75, 3.05) is 6.54 Å². The summed E-state index contributed by atoms with van der Waals surface area (Å²) >= 11 is 0. The highest BCUT2D eigenvalue weighted by Gasteiger charge is 2.22. The Balaban J connectivity index is 2.19. The van der Waals surface area contributed by atoms with E-state index in [4.69, 9.17) is 0 Å². The molecular formula is C13H17N. The highest BCUT2D eigenvalue weighted by atomic mass is 14.8. The molecule has 0 aliphatic carbocycles. The van der Waals surface area contributed by atoms with Gasteiger partial charge in [0.25, 0.3) is 0 Å². The zero-order valence-corrected chi connectivity index (χ0v) is 8.96. The van der Waals surface area contributed by atoms with Gasteiger partial charge in [0.2, 0.25) is 0 Å². The van der Waals surface area contributed by atoms with Crippen LogP contribution in [0.25, 0.3) is 0 Å². The van der Waals surface area contributed by atoms with Crippen molar-refractivity contribution in [1.29, 1.82) is 0 Å². The van der Waals surface area contributed by atoms with E-state index < -0.39 is 0 Å². The van der Waals surface area contributed by atoms with Crippen LogP contribution in [0.5, 0.6) is 0 Å². The third-order valence-electron chi connectivity index (χ3n) is 2.84. The van der Waals surface area contributed by atoms with Crippen LogP contribution in [0.1, 0.15) is 32.3 Å². The van der Waals surface area contributed by atoms with Gasteiger partial charge in [0, 0.05) is 12.3 Å². The largest absolute Gasteiger partial charge is 0.289 e. The molecule has 0 amide bonds. The number of hydrogen-bond acceptors (Lipinski definition) is 1. The highest BCUT2D eigenvalue weighted by molar-refractivity contribution is 6.00. The fraction of sp³-hybridized carbons (Fsp3) is 0.462. The Morgan fingerprint density at radius 3 is 2.43 bits per heavy atom. The van der Waals surface area contributed by atoms with E-state index in [0.717, 1.165) is 13.0 Å². The first-order chi connectivity index (χ1) is 6.67. The second-order valence-electron chi connectivity index (χ2n) is 4.79. The number of rotatable bonds is 1. The molecule has 2 rings (SSSR count). The summed E-state index contributed by atoms with van der Waals surface area (Å²) in [7, 11) is 0. The molecule has 0 atom stereocenters. The lowest BCUT2D eigenvalue weighted by Crippen LogP contribution is -2.23. The van der Waals surface area contributed by atoms with Crippen molar-refractivity contribution in [3.05, 3.63) is 35.9 Å². The van der Waals surface area contributed by atoms with Crippen molar-refractivity contribution in [3.8, 4) is 0 Å². The predicted octanol–water partition coefficient (Wildman–Crippen LogP) is 3.30. The fourth-order valence-electron chi connectivity index (χ4n) is 1.79. The van der Waals surface area contributed by atoms with Gasteiger partial charge < -0.3 is 0 Å². The van der Waals surface area contributed by atoms with E-state index >= 15 is 0 Å². The molecule has 0 N–H and O–H groups in total. The van der Waals surface area contributed by atoms with Crippen molar-refractivity contribution in [2.24, 2.45) is 10.4 Å². The van der Waals surface area contributed by atoms with E-state index in [1.165, 1.54) is 17.7 Å². The Labute approximate surface area is 85.9 Å². The lowest BCUT2D eigenvalue weighted by atomic mass is 9.83. The molecule has 0 aromatic heterocycles. The molecule has 1 heterocycles. The molecule has 0 unspecified atom stereocenters. The maximum absolute atomic E-state index is 4.67. The van der Waals surface area contributed by atoms with Crippen molar-refractivity contribution in [1.82, 2.24) is 0 Å². The third kappa shape index (κ3) is 2.03. The number of hydrogen-bond donors (Lipinski definition) is 0. The minimum Gasteiger partial charge on any atom is -0.289 e.